The van der Waals surface area contributed by atoms with Crippen LogP contribution in [0.1, 0.15) is 5.56 Å². The molecule has 0 aliphatic heterocycles. The second-order valence-corrected chi connectivity index (χ2v) is 6.60. The molecule has 0 aliphatic carbocycles. The minimum Gasteiger partial charge on any atom is -0.324 e. The Hall–Kier alpha value is -0.940. The first-order chi connectivity index (χ1) is 10.5. The van der Waals surface area contributed by atoms with E-state index in [-0.39, 0.29) is 17.5 Å². The number of carbonyl (C=O) groups excluding carboxylic acids is 1. The van der Waals surface area contributed by atoms with Gasteiger partial charge in [-0.3, -0.25) is 4.79 Å². The standard InChI is InChI=1S/C15H11Cl3FNOS/c16-9-4-5-12(18)14(6-9)20-15(21)8-22-7-10-11(17)2-1-3-13(10)19/h1-6H,7-8H2,(H,20,21). The van der Waals surface area contributed by atoms with Crippen LogP contribution in [-0.2, 0) is 10.5 Å². The molecule has 2 aromatic rings. The molecule has 0 spiro atoms. The van der Waals surface area contributed by atoms with Crippen LogP contribution in [0.25, 0.3) is 0 Å². The van der Waals surface area contributed by atoms with Crippen LogP contribution in [0.4, 0.5) is 10.1 Å². The van der Waals surface area contributed by atoms with Gasteiger partial charge in [-0.15, -0.1) is 11.8 Å². The van der Waals surface area contributed by atoms with Crippen LogP contribution in [-0.4, -0.2) is 11.7 Å². The molecule has 0 radical (unpaired) electrons. The van der Waals surface area contributed by atoms with E-state index < -0.39 is 0 Å². The zero-order valence-corrected chi connectivity index (χ0v) is 14.3. The van der Waals surface area contributed by atoms with Gasteiger partial charge in [0.05, 0.1) is 16.5 Å². The minimum absolute atomic E-state index is 0.146. The summed E-state index contributed by atoms with van der Waals surface area (Å²) < 4.78 is 13.6. The fourth-order valence-electron chi connectivity index (χ4n) is 1.70. The number of anilines is 1. The van der Waals surface area contributed by atoms with E-state index in [2.05, 4.69) is 5.32 Å². The Morgan fingerprint density at radius 2 is 1.91 bits per heavy atom. The van der Waals surface area contributed by atoms with Crippen LogP contribution in [0, 0.1) is 5.82 Å². The van der Waals surface area contributed by atoms with Crippen LogP contribution in [0.2, 0.25) is 15.1 Å². The van der Waals surface area contributed by atoms with E-state index in [0.29, 0.717) is 32.1 Å². The number of benzene rings is 2. The number of rotatable bonds is 5. The highest BCUT2D eigenvalue weighted by atomic mass is 35.5. The molecule has 0 atom stereocenters. The molecule has 1 N–H and O–H groups in total. The third kappa shape index (κ3) is 4.78. The van der Waals surface area contributed by atoms with Gasteiger partial charge in [-0.2, -0.15) is 0 Å². The SMILES string of the molecule is O=C(CSCc1c(F)cccc1Cl)Nc1cc(Cl)ccc1Cl. The summed E-state index contributed by atoms with van der Waals surface area (Å²) in [5.41, 5.74) is 0.839. The van der Waals surface area contributed by atoms with Crippen molar-refractivity contribution in [1.29, 1.82) is 0 Å². The number of carbonyl (C=O) groups is 1. The molecule has 0 fully saturated rings. The Bertz CT molecular complexity index is 676. The topological polar surface area (TPSA) is 29.1 Å². The first kappa shape index (κ1) is 17.4. The third-order valence-electron chi connectivity index (χ3n) is 2.74. The molecule has 0 saturated heterocycles. The Morgan fingerprint density at radius 3 is 2.64 bits per heavy atom. The summed E-state index contributed by atoms with van der Waals surface area (Å²) in [4.78, 5) is 11.9. The van der Waals surface area contributed by atoms with E-state index in [1.807, 2.05) is 0 Å². The van der Waals surface area contributed by atoms with Gasteiger partial charge in [-0.25, -0.2) is 4.39 Å². The summed E-state index contributed by atoms with van der Waals surface area (Å²) >= 11 is 19.0. The van der Waals surface area contributed by atoms with Crippen molar-refractivity contribution >= 4 is 58.2 Å². The molecule has 0 aliphatic rings. The minimum atomic E-state index is -0.377. The predicted molar refractivity (Wildman–Crippen MR) is 92.7 cm³/mol. The van der Waals surface area contributed by atoms with Crippen LogP contribution in [0.5, 0.6) is 0 Å². The Morgan fingerprint density at radius 1 is 1.14 bits per heavy atom. The maximum atomic E-state index is 13.6. The van der Waals surface area contributed by atoms with Crippen molar-refractivity contribution in [1.82, 2.24) is 0 Å². The average Bonchev–Trinajstić information content (AvgIpc) is 2.46. The van der Waals surface area contributed by atoms with E-state index >= 15 is 0 Å². The normalized spacial score (nSPS) is 10.5. The molecule has 0 saturated carbocycles. The van der Waals surface area contributed by atoms with E-state index in [0.717, 1.165) is 0 Å². The van der Waals surface area contributed by atoms with Crippen LogP contribution >= 0.6 is 46.6 Å². The quantitative estimate of drug-likeness (QED) is 0.727. The van der Waals surface area contributed by atoms with E-state index in [1.54, 1.807) is 30.3 Å². The van der Waals surface area contributed by atoms with E-state index in [9.17, 15) is 9.18 Å². The fourth-order valence-corrected chi connectivity index (χ4v) is 3.20. The smallest absolute Gasteiger partial charge is 0.234 e. The molecule has 0 heterocycles. The maximum absolute atomic E-state index is 13.6. The molecular weight excluding hydrogens is 368 g/mol. The monoisotopic (exact) mass is 377 g/mol. The number of halogens is 4. The lowest BCUT2D eigenvalue weighted by atomic mass is 10.2. The van der Waals surface area contributed by atoms with Crippen LogP contribution in [0.15, 0.2) is 36.4 Å². The van der Waals surface area contributed by atoms with Crippen LogP contribution < -0.4 is 5.32 Å². The van der Waals surface area contributed by atoms with Gasteiger partial charge in [0.1, 0.15) is 5.82 Å². The van der Waals surface area contributed by atoms with Gasteiger partial charge in [0.25, 0.3) is 0 Å². The van der Waals surface area contributed by atoms with Gasteiger partial charge >= 0.3 is 0 Å². The molecule has 22 heavy (non-hydrogen) atoms. The lowest BCUT2D eigenvalue weighted by molar-refractivity contribution is -0.113. The van der Waals surface area contributed by atoms with Gasteiger partial charge < -0.3 is 5.32 Å². The Labute approximate surface area is 146 Å². The number of amides is 1. The fraction of sp³-hybridized carbons (Fsp3) is 0.133. The van der Waals surface area contributed by atoms with Gasteiger partial charge in [0.2, 0.25) is 5.91 Å². The van der Waals surface area contributed by atoms with Gasteiger partial charge in [0, 0.05) is 21.4 Å². The number of hydrogen-bond donors (Lipinski definition) is 1. The van der Waals surface area contributed by atoms with Gasteiger partial charge in [-0.1, -0.05) is 40.9 Å². The molecule has 0 bridgehead atoms. The third-order valence-corrected chi connectivity index (χ3v) is 4.62. The number of hydrogen-bond acceptors (Lipinski definition) is 2. The highest BCUT2D eigenvalue weighted by Gasteiger charge is 2.10. The summed E-state index contributed by atoms with van der Waals surface area (Å²) in [5.74, 6) is -0.171. The zero-order chi connectivity index (χ0) is 16.1. The van der Waals surface area contributed by atoms with Crippen molar-refractivity contribution in [3.63, 3.8) is 0 Å². The number of nitrogens with one attached hydrogen (secondary N) is 1. The predicted octanol–water partition coefficient (Wildman–Crippen LogP) is 5.66. The summed E-state index contributed by atoms with van der Waals surface area (Å²) in [6, 6.07) is 9.31. The highest BCUT2D eigenvalue weighted by molar-refractivity contribution is 7.99. The van der Waals surface area contributed by atoms with E-state index in [4.69, 9.17) is 34.8 Å². The lowest BCUT2D eigenvalue weighted by Crippen LogP contribution is -2.14. The molecule has 0 aromatic heterocycles. The molecule has 7 heteroatoms. The van der Waals surface area contributed by atoms with Crippen molar-refractivity contribution in [3.05, 3.63) is 62.8 Å². The molecule has 116 valence electrons. The summed E-state index contributed by atoms with van der Waals surface area (Å²) in [5, 5.41) is 3.90. The average molecular weight is 379 g/mol. The van der Waals surface area contributed by atoms with Crippen molar-refractivity contribution < 1.29 is 9.18 Å². The Balaban J connectivity index is 1.89. The van der Waals surface area contributed by atoms with E-state index in [1.165, 1.54) is 17.8 Å². The number of thioether (sulfide) groups is 1. The van der Waals surface area contributed by atoms with Crippen molar-refractivity contribution in [2.24, 2.45) is 0 Å². The molecule has 1 amide bonds. The van der Waals surface area contributed by atoms with Crippen molar-refractivity contribution in [2.75, 3.05) is 11.1 Å². The highest BCUT2D eigenvalue weighted by Crippen LogP contribution is 2.26. The van der Waals surface area contributed by atoms with Gasteiger partial charge in [0.15, 0.2) is 0 Å². The second kappa shape index (κ2) is 8.06. The maximum Gasteiger partial charge on any atom is 0.234 e. The zero-order valence-electron chi connectivity index (χ0n) is 11.2. The first-order valence-corrected chi connectivity index (χ1v) is 8.52. The van der Waals surface area contributed by atoms with Crippen molar-refractivity contribution in [3.8, 4) is 0 Å². The van der Waals surface area contributed by atoms with Gasteiger partial charge in [-0.05, 0) is 30.3 Å². The molecule has 0 unspecified atom stereocenters. The summed E-state index contributed by atoms with van der Waals surface area (Å²) in [6.07, 6.45) is 0. The Kier molecular flexibility index (Phi) is 6.38. The molecule has 2 aromatic carbocycles. The van der Waals surface area contributed by atoms with Crippen molar-refractivity contribution in [2.45, 2.75) is 5.75 Å². The summed E-state index contributed by atoms with van der Waals surface area (Å²) in [6.45, 7) is 0. The van der Waals surface area contributed by atoms with Crippen LogP contribution in [0.3, 0.4) is 0 Å². The first-order valence-electron chi connectivity index (χ1n) is 6.23. The second-order valence-electron chi connectivity index (χ2n) is 4.37. The molecule has 2 rings (SSSR count). The summed E-state index contributed by atoms with van der Waals surface area (Å²) in [7, 11) is 0. The molecular formula is C15H11Cl3FNOS. The molecule has 2 nitrogen and oxygen atoms in total. The lowest BCUT2D eigenvalue weighted by Gasteiger charge is -2.08. The largest absolute Gasteiger partial charge is 0.324 e.